The third-order valence-electron chi connectivity index (χ3n) is 1.67. The summed E-state index contributed by atoms with van der Waals surface area (Å²) < 4.78 is 130. The van der Waals surface area contributed by atoms with Gasteiger partial charge in [0.05, 0.1) is 0 Å². The molecule has 0 unspecified atom stereocenters. The van der Waals surface area contributed by atoms with Gasteiger partial charge < -0.3 is 0 Å². The number of alkyl halides is 11. The number of hydrogen-bond acceptors (Lipinski definition) is 0. The van der Waals surface area contributed by atoms with Crippen LogP contribution in [0.5, 0.6) is 0 Å². The Labute approximate surface area is 82.8 Å². The van der Waals surface area contributed by atoms with Gasteiger partial charge in [-0.05, 0) is 0 Å². The van der Waals surface area contributed by atoms with Crippen LogP contribution in [0.2, 0.25) is 0 Å². The number of rotatable bonds is 1. The summed E-state index contributed by atoms with van der Waals surface area (Å²) in [5.41, 5.74) is 0. The molecule has 0 spiro atoms. The van der Waals surface area contributed by atoms with Crippen LogP contribution < -0.4 is 0 Å². The van der Waals surface area contributed by atoms with E-state index >= 15 is 0 Å². The van der Waals surface area contributed by atoms with Gasteiger partial charge in [-0.25, -0.2) is 0 Å². The van der Waals surface area contributed by atoms with E-state index in [0.717, 1.165) is 0 Å². The second-order valence-electron chi connectivity index (χ2n) is 2.60. The first kappa shape index (κ1) is 15.8. The summed E-state index contributed by atoms with van der Waals surface area (Å²) >= 11 is -9.44. The quantitative estimate of drug-likeness (QED) is 0.509. The maximum absolute atomic E-state index is 11.8. The summed E-state index contributed by atoms with van der Waals surface area (Å²) in [4.78, 5) is 0. The third kappa shape index (κ3) is 2.09. The monoisotopic (exact) mass is 332 g/mol. The molecule has 0 aromatic carbocycles. The zero-order chi connectivity index (χ0) is 13.6. The average Bonchev–Trinajstić information content (AvgIpc) is 1.71. The molecular formula is C4HF11Ge. The predicted molar refractivity (Wildman–Crippen MR) is 29.9 cm³/mol. The van der Waals surface area contributed by atoms with Gasteiger partial charge >= 0.3 is 81.8 Å². The second-order valence-corrected chi connectivity index (χ2v) is 10.5. The Balaban J connectivity index is 6.05. The van der Waals surface area contributed by atoms with Gasteiger partial charge in [0.2, 0.25) is 0 Å². The van der Waals surface area contributed by atoms with Gasteiger partial charge in [-0.2, -0.15) is 0 Å². The molecule has 98 valence electrons. The van der Waals surface area contributed by atoms with Gasteiger partial charge in [0.25, 0.3) is 0 Å². The molecule has 0 aromatic rings. The van der Waals surface area contributed by atoms with Crippen molar-refractivity contribution in [2.75, 3.05) is 0 Å². The van der Waals surface area contributed by atoms with E-state index in [1.165, 1.54) is 0 Å². The molecule has 0 aliphatic rings. The van der Waals surface area contributed by atoms with Crippen LogP contribution in [0.4, 0.5) is 48.3 Å². The van der Waals surface area contributed by atoms with Crippen molar-refractivity contribution in [2.24, 2.45) is 0 Å². The van der Waals surface area contributed by atoms with E-state index in [2.05, 4.69) is 0 Å². The molecule has 0 N–H and O–H groups in total. The molecule has 0 bridgehead atoms. The molecular weight excluding hydrogens is 330 g/mol. The first-order chi connectivity index (χ1) is 6.69. The average molecular weight is 331 g/mol. The molecule has 0 aliphatic carbocycles. The fourth-order valence-corrected chi connectivity index (χ4v) is 4.43. The molecule has 12 heteroatoms. The van der Waals surface area contributed by atoms with Crippen molar-refractivity contribution in [2.45, 2.75) is 20.3 Å². The Morgan fingerprint density at radius 3 is 0.750 bits per heavy atom. The van der Waals surface area contributed by atoms with Crippen molar-refractivity contribution in [1.29, 1.82) is 0 Å². The van der Waals surface area contributed by atoms with Gasteiger partial charge in [0.1, 0.15) is 0 Å². The number of halogens is 11. The molecule has 0 saturated heterocycles. The Bertz CT molecular complexity index is 206. The molecule has 0 radical (unpaired) electrons. The first-order valence-electron chi connectivity index (χ1n) is 3.18. The van der Waals surface area contributed by atoms with E-state index in [-0.39, 0.29) is 0 Å². The molecule has 0 fully saturated rings. The van der Waals surface area contributed by atoms with Crippen molar-refractivity contribution in [1.82, 2.24) is 0 Å². The molecule has 0 heterocycles. The maximum atomic E-state index is 11.8. The standard InChI is InChI=1S/C4HF11Ge/c5-1(6)16(2(7,8)9,3(10,11)12)4(13,14)15/h1H. The Morgan fingerprint density at radius 1 is 0.562 bits per heavy atom. The minimum absolute atomic E-state index is 5.51. The van der Waals surface area contributed by atoms with E-state index in [0.29, 0.717) is 0 Å². The van der Waals surface area contributed by atoms with Crippen LogP contribution in [0.3, 0.4) is 0 Å². The summed E-state index contributed by atoms with van der Waals surface area (Å²) in [6.07, 6.45) is 0. The summed E-state index contributed by atoms with van der Waals surface area (Å²) in [5, 5.41) is -26.5. The zero-order valence-electron chi connectivity index (χ0n) is 6.73. The minimum atomic E-state index is -9.44. The summed E-state index contributed by atoms with van der Waals surface area (Å²) in [6, 6.07) is 0. The van der Waals surface area contributed by atoms with Crippen LogP contribution in [0.1, 0.15) is 0 Å². The van der Waals surface area contributed by atoms with Crippen LogP contribution in [0.15, 0.2) is 0 Å². The Morgan fingerprint density at radius 2 is 0.750 bits per heavy atom. The van der Waals surface area contributed by atoms with Gasteiger partial charge in [0, 0.05) is 0 Å². The van der Waals surface area contributed by atoms with Crippen molar-refractivity contribution in [3.05, 3.63) is 0 Å². The van der Waals surface area contributed by atoms with Crippen LogP contribution in [-0.4, -0.2) is 33.6 Å². The predicted octanol–water partition coefficient (Wildman–Crippen LogP) is 3.54. The van der Waals surface area contributed by atoms with E-state index in [4.69, 9.17) is 0 Å². The van der Waals surface area contributed by atoms with Crippen molar-refractivity contribution in [3.63, 3.8) is 0 Å². The second kappa shape index (κ2) is 3.91. The molecule has 0 amide bonds. The van der Waals surface area contributed by atoms with Gasteiger partial charge in [0.15, 0.2) is 0 Å². The van der Waals surface area contributed by atoms with Gasteiger partial charge in [-0.15, -0.1) is 0 Å². The van der Waals surface area contributed by atoms with E-state index < -0.39 is 33.6 Å². The summed E-state index contributed by atoms with van der Waals surface area (Å²) in [6.45, 7) is 0. The van der Waals surface area contributed by atoms with Crippen molar-refractivity contribution in [3.8, 4) is 0 Å². The SMILES string of the molecule is F[CH](F)[Ge]([C](F)(F)F)([C](F)(F)F)[C](F)(F)F. The Kier molecular flexibility index (Phi) is 3.85. The van der Waals surface area contributed by atoms with Crippen LogP contribution in [-0.2, 0) is 0 Å². The molecule has 16 heavy (non-hydrogen) atoms. The van der Waals surface area contributed by atoms with E-state index in [1.807, 2.05) is 0 Å². The van der Waals surface area contributed by atoms with Gasteiger partial charge in [-0.3, -0.25) is 0 Å². The third-order valence-corrected chi connectivity index (χ3v) is 8.67. The van der Waals surface area contributed by atoms with Crippen LogP contribution >= 0.6 is 0 Å². The first-order valence-corrected chi connectivity index (χ1v) is 7.53. The number of hydrogen-bond donors (Lipinski definition) is 0. The zero-order valence-corrected chi connectivity index (χ0v) is 8.83. The molecule has 0 atom stereocenters. The molecule has 0 saturated carbocycles. The van der Waals surface area contributed by atoms with Crippen molar-refractivity contribution >= 4 is 13.3 Å². The van der Waals surface area contributed by atoms with E-state index in [1.54, 1.807) is 0 Å². The normalized spacial score (nSPS) is 15.8. The Hall–Kier alpha value is -0.227. The summed E-state index contributed by atoms with van der Waals surface area (Å²) in [5.74, 6) is 0. The van der Waals surface area contributed by atoms with Gasteiger partial charge in [-0.1, -0.05) is 0 Å². The molecule has 0 aliphatic heterocycles. The van der Waals surface area contributed by atoms with E-state index in [9.17, 15) is 48.3 Å². The topological polar surface area (TPSA) is 0 Å². The molecule has 0 rings (SSSR count). The fraction of sp³-hybridized carbons (Fsp3) is 1.00. The van der Waals surface area contributed by atoms with Crippen LogP contribution in [0.25, 0.3) is 0 Å². The molecule has 0 nitrogen and oxygen atoms in total. The summed E-state index contributed by atoms with van der Waals surface area (Å²) in [7, 11) is 0. The van der Waals surface area contributed by atoms with Crippen LogP contribution in [0, 0.1) is 0 Å². The van der Waals surface area contributed by atoms with Crippen molar-refractivity contribution < 1.29 is 48.3 Å². The fourth-order valence-electron chi connectivity index (χ4n) is 0.853. The molecule has 0 aromatic heterocycles.